The summed E-state index contributed by atoms with van der Waals surface area (Å²) in [5, 5.41) is 3.65. The van der Waals surface area contributed by atoms with E-state index in [0.717, 1.165) is 10.7 Å². The first kappa shape index (κ1) is 12.3. The van der Waals surface area contributed by atoms with Gasteiger partial charge in [-0.3, -0.25) is 0 Å². The number of para-hydroxylation sites is 2. The summed E-state index contributed by atoms with van der Waals surface area (Å²) in [6, 6.07) is 7.05. The number of nitrogen functional groups attached to an aromatic ring is 1. The summed E-state index contributed by atoms with van der Waals surface area (Å²) in [6.45, 7) is 0. The Labute approximate surface area is 101 Å². The first-order valence-corrected chi connectivity index (χ1v) is 4.99. The van der Waals surface area contributed by atoms with Gasteiger partial charge in [-0.05, 0) is 12.1 Å². The molecule has 2 rings (SSSR count). The molecule has 18 heavy (non-hydrogen) atoms. The van der Waals surface area contributed by atoms with E-state index in [1.165, 1.54) is 13.2 Å². The molecular weight excluding hydrogens is 247 g/mol. The Balaban J connectivity index is 2.64. The van der Waals surface area contributed by atoms with E-state index in [4.69, 9.17) is 10.5 Å². The van der Waals surface area contributed by atoms with E-state index in [2.05, 4.69) is 5.10 Å². The Morgan fingerprint density at radius 3 is 2.56 bits per heavy atom. The van der Waals surface area contributed by atoms with Crippen molar-refractivity contribution in [2.75, 3.05) is 12.8 Å². The molecule has 1 heterocycles. The van der Waals surface area contributed by atoms with Crippen LogP contribution in [0.5, 0.6) is 5.75 Å². The standard InChI is InChI=1S/C11H10F3N3O/c1-18-8-5-3-2-4-7(8)17-9(11(12,13)14)6-10(15)16-17/h2-6H,1H3,(H2,15,16). The number of hydrogen-bond donors (Lipinski definition) is 1. The van der Waals surface area contributed by atoms with Gasteiger partial charge in [0.25, 0.3) is 0 Å². The molecule has 0 saturated carbocycles. The zero-order chi connectivity index (χ0) is 13.3. The van der Waals surface area contributed by atoms with E-state index in [1.807, 2.05) is 0 Å². The van der Waals surface area contributed by atoms with E-state index < -0.39 is 11.9 Å². The summed E-state index contributed by atoms with van der Waals surface area (Å²) >= 11 is 0. The number of nitrogens with zero attached hydrogens (tertiary/aromatic N) is 2. The number of methoxy groups -OCH3 is 1. The van der Waals surface area contributed by atoms with Crippen LogP contribution in [0, 0.1) is 0 Å². The molecular formula is C11H10F3N3O. The molecule has 4 nitrogen and oxygen atoms in total. The number of rotatable bonds is 2. The predicted octanol–water partition coefficient (Wildman–Crippen LogP) is 2.48. The van der Waals surface area contributed by atoms with Crippen molar-refractivity contribution in [1.82, 2.24) is 9.78 Å². The molecule has 0 aliphatic rings. The number of alkyl halides is 3. The third-order valence-electron chi connectivity index (χ3n) is 2.33. The molecule has 0 fully saturated rings. The Morgan fingerprint density at radius 1 is 1.28 bits per heavy atom. The topological polar surface area (TPSA) is 53.1 Å². The van der Waals surface area contributed by atoms with Crippen molar-refractivity contribution < 1.29 is 17.9 Å². The Kier molecular flexibility index (Phi) is 2.90. The molecule has 0 saturated heterocycles. The minimum absolute atomic E-state index is 0.184. The molecule has 96 valence electrons. The summed E-state index contributed by atoms with van der Waals surface area (Å²) < 4.78 is 44.2. The van der Waals surface area contributed by atoms with Crippen molar-refractivity contribution in [2.45, 2.75) is 6.18 Å². The van der Waals surface area contributed by atoms with Crippen molar-refractivity contribution >= 4 is 5.82 Å². The highest BCUT2D eigenvalue weighted by Crippen LogP contribution is 2.34. The SMILES string of the molecule is COc1ccccc1-n1nc(N)cc1C(F)(F)F. The van der Waals surface area contributed by atoms with Crippen LogP contribution in [-0.4, -0.2) is 16.9 Å². The van der Waals surface area contributed by atoms with Gasteiger partial charge in [0, 0.05) is 6.07 Å². The average Bonchev–Trinajstić information content (AvgIpc) is 2.71. The van der Waals surface area contributed by atoms with E-state index in [0.29, 0.717) is 0 Å². The molecule has 0 radical (unpaired) electrons. The molecule has 2 N–H and O–H groups in total. The van der Waals surface area contributed by atoms with Crippen molar-refractivity contribution in [3.63, 3.8) is 0 Å². The highest BCUT2D eigenvalue weighted by Gasteiger charge is 2.36. The lowest BCUT2D eigenvalue weighted by atomic mass is 10.3. The summed E-state index contributed by atoms with van der Waals surface area (Å²) in [6.07, 6.45) is -4.54. The molecule has 0 bridgehead atoms. The number of benzene rings is 1. The van der Waals surface area contributed by atoms with Gasteiger partial charge in [0.05, 0.1) is 7.11 Å². The fraction of sp³-hybridized carbons (Fsp3) is 0.182. The predicted molar refractivity (Wildman–Crippen MR) is 59.5 cm³/mol. The quantitative estimate of drug-likeness (QED) is 0.899. The number of anilines is 1. The summed E-state index contributed by atoms with van der Waals surface area (Å²) in [5.74, 6) is 0.0827. The molecule has 0 unspecified atom stereocenters. The van der Waals surface area contributed by atoms with Crippen molar-refractivity contribution in [1.29, 1.82) is 0 Å². The van der Waals surface area contributed by atoms with E-state index in [-0.39, 0.29) is 17.3 Å². The van der Waals surface area contributed by atoms with Crippen LogP contribution in [0.3, 0.4) is 0 Å². The van der Waals surface area contributed by atoms with Crippen LogP contribution >= 0.6 is 0 Å². The Bertz CT molecular complexity index is 563. The normalized spacial score (nSPS) is 11.6. The smallest absolute Gasteiger partial charge is 0.433 e. The second-order valence-electron chi connectivity index (χ2n) is 3.54. The molecule has 2 aromatic rings. The number of halogens is 3. The maximum Gasteiger partial charge on any atom is 0.433 e. The van der Waals surface area contributed by atoms with Crippen LogP contribution in [-0.2, 0) is 6.18 Å². The molecule has 0 atom stereocenters. The van der Waals surface area contributed by atoms with E-state index >= 15 is 0 Å². The van der Waals surface area contributed by atoms with Gasteiger partial charge in [0.15, 0.2) is 5.69 Å². The lowest BCUT2D eigenvalue weighted by Gasteiger charge is -2.12. The van der Waals surface area contributed by atoms with Crippen LogP contribution in [0.4, 0.5) is 19.0 Å². The Hall–Kier alpha value is -2.18. The molecule has 0 amide bonds. The zero-order valence-corrected chi connectivity index (χ0v) is 9.40. The molecule has 0 aliphatic heterocycles. The molecule has 1 aromatic heterocycles. The fourth-order valence-electron chi connectivity index (χ4n) is 1.59. The van der Waals surface area contributed by atoms with E-state index in [9.17, 15) is 13.2 Å². The van der Waals surface area contributed by atoms with Gasteiger partial charge < -0.3 is 10.5 Å². The van der Waals surface area contributed by atoms with Crippen molar-refractivity contribution in [2.24, 2.45) is 0 Å². The largest absolute Gasteiger partial charge is 0.494 e. The van der Waals surface area contributed by atoms with Crippen LogP contribution in [0.1, 0.15) is 5.69 Å². The lowest BCUT2D eigenvalue weighted by Crippen LogP contribution is -2.13. The summed E-state index contributed by atoms with van der Waals surface area (Å²) in [4.78, 5) is 0. The van der Waals surface area contributed by atoms with E-state index in [1.54, 1.807) is 18.2 Å². The van der Waals surface area contributed by atoms with Gasteiger partial charge in [-0.2, -0.15) is 13.2 Å². The molecule has 1 aromatic carbocycles. The third kappa shape index (κ3) is 2.11. The summed E-state index contributed by atoms with van der Waals surface area (Å²) in [7, 11) is 1.37. The van der Waals surface area contributed by atoms with Crippen LogP contribution < -0.4 is 10.5 Å². The van der Waals surface area contributed by atoms with Crippen molar-refractivity contribution in [3.8, 4) is 11.4 Å². The maximum atomic E-state index is 12.8. The second kappa shape index (κ2) is 4.25. The molecule has 0 aliphatic carbocycles. The number of nitrogens with two attached hydrogens (primary N) is 1. The first-order valence-electron chi connectivity index (χ1n) is 4.99. The van der Waals surface area contributed by atoms with Gasteiger partial charge in [-0.25, -0.2) is 4.68 Å². The average molecular weight is 257 g/mol. The second-order valence-corrected chi connectivity index (χ2v) is 3.54. The number of aromatic nitrogens is 2. The highest BCUT2D eigenvalue weighted by molar-refractivity contribution is 5.49. The number of hydrogen-bond acceptors (Lipinski definition) is 3. The molecule has 7 heteroatoms. The van der Waals surface area contributed by atoms with Gasteiger partial charge in [-0.1, -0.05) is 12.1 Å². The highest BCUT2D eigenvalue weighted by atomic mass is 19.4. The zero-order valence-electron chi connectivity index (χ0n) is 9.40. The maximum absolute atomic E-state index is 12.8. The van der Waals surface area contributed by atoms with Gasteiger partial charge in [0.1, 0.15) is 17.3 Å². The van der Waals surface area contributed by atoms with Gasteiger partial charge in [-0.15, -0.1) is 5.10 Å². The van der Waals surface area contributed by atoms with Crippen LogP contribution in [0.25, 0.3) is 5.69 Å². The number of ether oxygens (including phenoxy) is 1. The monoisotopic (exact) mass is 257 g/mol. The molecule has 0 spiro atoms. The Morgan fingerprint density at radius 2 is 1.94 bits per heavy atom. The summed E-state index contributed by atoms with van der Waals surface area (Å²) in [5.41, 5.74) is 4.58. The van der Waals surface area contributed by atoms with Gasteiger partial charge >= 0.3 is 6.18 Å². The lowest BCUT2D eigenvalue weighted by molar-refractivity contribution is -0.142. The first-order chi connectivity index (χ1) is 8.43. The minimum atomic E-state index is -4.54. The minimum Gasteiger partial charge on any atom is -0.494 e. The van der Waals surface area contributed by atoms with Crippen LogP contribution in [0.2, 0.25) is 0 Å². The van der Waals surface area contributed by atoms with Crippen LogP contribution in [0.15, 0.2) is 30.3 Å². The fourth-order valence-corrected chi connectivity index (χ4v) is 1.59. The van der Waals surface area contributed by atoms with Crippen molar-refractivity contribution in [3.05, 3.63) is 36.0 Å². The third-order valence-corrected chi connectivity index (χ3v) is 2.33. The van der Waals surface area contributed by atoms with Gasteiger partial charge in [0.2, 0.25) is 0 Å².